The van der Waals surface area contributed by atoms with Gasteiger partial charge in [-0.25, -0.2) is 4.79 Å². The summed E-state index contributed by atoms with van der Waals surface area (Å²) in [5.74, 6) is 2.04. The van der Waals surface area contributed by atoms with E-state index in [4.69, 9.17) is 14.2 Å². The number of hydrogen-bond acceptors (Lipinski definition) is 6. The number of hydrogen-bond donors (Lipinski definition) is 0. The van der Waals surface area contributed by atoms with E-state index < -0.39 is 17.2 Å². The number of esters is 1. The highest BCUT2D eigenvalue weighted by Gasteiger charge is 2.35. The quantitative estimate of drug-likeness (QED) is 0.115. The second kappa shape index (κ2) is 14.0. The summed E-state index contributed by atoms with van der Waals surface area (Å²) in [7, 11) is 0. The van der Waals surface area contributed by atoms with Crippen LogP contribution in [0.15, 0.2) is 30.3 Å². The lowest BCUT2D eigenvalue weighted by Crippen LogP contribution is -2.43. The lowest BCUT2D eigenvalue weighted by atomic mass is 10.0. The van der Waals surface area contributed by atoms with Crippen LogP contribution in [0.3, 0.4) is 0 Å². The fourth-order valence-electron chi connectivity index (χ4n) is 5.12. The number of thioether (sulfide) groups is 1. The van der Waals surface area contributed by atoms with Gasteiger partial charge in [0.15, 0.2) is 11.4 Å². The van der Waals surface area contributed by atoms with E-state index in [0.29, 0.717) is 17.9 Å². The van der Waals surface area contributed by atoms with Gasteiger partial charge in [-0.2, -0.15) is 11.8 Å². The minimum atomic E-state index is -1.14. The number of aryl methyl sites for hydroxylation is 4. The Morgan fingerprint density at radius 1 is 0.854 bits per heavy atom. The van der Waals surface area contributed by atoms with Gasteiger partial charge in [0.1, 0.15) is 17.1 Å². The van der Waals surface area contributed by atoms with E-state index in [0.717, 1.165) is 44.6 Å². The van der Waals surface area contributed by atoms with Gasteiger partial charge in [-0.05, 0) is 133 Å². The molecule has 6 heteroatoms. The van der Waals surface area contributed by atoms with Gasteiger partial charge in [-0.1, -0.05) is 25.3 Å². The summed E-state index contributed by atoms with van der Waals surface area (Å²) >= 11 is 2.03. The van der Waals surface area contributed by atoms with E-state index in [2.05, 4.69) is 0 Å². The first-order chi connectivity index (χ1) is 19.2. The molecular weight excluding hydrogens is 532 g/mol. The number of carbonyl (C=O) groups is 2. The molecule has 0 radical (unpaired) electrons. The summed E-state index contributed by atoms with van der Waals surface area (Å²) in [6.07, 6.45) is 10.2. The molecule has 1 aliphatic rings. The molecule has 1 saturated carbocycles. The number of rotatable bonds is 11. The van der Waals surface area contributed by atoms with Crippen LogP contribution in [0.5, 0.6) is 11.5 Å². The molecular formula is C35H48O5S. The molecule has 0 aliphatic heterocycles. The van der Waals surface area contributed by atoms with Crippen LogP contribution in [0.1, 0.15) is 105 Å². The molecule has 0 bridgehead atoms. The number of carbonyl (C=O) groups excluding carboxylic acids is 2. The smallest absolute Gasteiger partial charge is 0.350 e. The second-order valence-electron chi connectivity index (χ2n) is 12.7. The Morgan fingerprint density at radius 2 is 1.41 bits per heavy atom. The topological polar surface area (TPSA) is 61.8 Å². The maximum absolute atomic E-state index is 13.1. The molecule has 0 amide bonds. The second-order valence-corrected chi connectivity index (χ2v) is 14.1. The zero-order chi connectivity index (χ0) is 30.4. The van der Waals surface area contributed by atoms with Crippen LogP contribution in [-0.2, 0) is 9.53 Å². The van der Waals surface area contributed by atoms with E-state index >= 15 is 0 Å². The number of ether oxygens (including phenoxy) is 3. The van der Waals surface area contributed by atoms with Gasteiger partial charge < -0.3 is 14.2 Å². The molecule has 41 heavy (non-hydrogen) atoms. The first kappa shape index (κ1) is 32.8. The van der Waals surface area contributed by atoms with E-state index in [1.165, 1.54) is 32.1 Å². The van der Waals surface area contributed by atoms with Crippen LogP contribution in [0.4, 0.5) is 0 Å². The van der Waals surface area contributed by atoms with Gasteiger partial charge in [0.2, 0.25) is 0 Å². The van der Waals surface area contributed by atoms with Gasteiger partial charge in [-0.3, -0.25) is 4.79 Å². The summed E-state index contributed by atoms with van der Waals surface area (Å²) in [6, 6.07) is 7.73. The van der Waals surface area contributed by atoms with E-state index in [1.54, 1.807) is 19.9 Å². The molecule has 1 aliphatic carbocycles. The Bertz CT molecular complexity index is 1220. The van der Waals surface area contributed by atoms with Crippen molar-refractivity contribution in [3.63, 3.8) is 0 Å². The van der Waals surface area contributed by atoms with Crippen molar-refractivity contribution in [2.24, 2.45) is 0 Å². The third kappa shape index (κ3) is 9.66. The van der Waals surface area contributed by atoms with Gasteiger partial charge in [-0.15, -0.1) is 0 Å². The van der Waals surface area contributed by atoms with E-state index in [1.807, 2.05) is 90.6 Å². The van der Waals surface area contributed by atoms with Crippen LogP contribution < -0.4 is 9.47 Å². The number of allylic oxidation sites excluding steroid dienone is 1. The molecule has 0 spiro atoms. The summed E-state index contributed by atoms with van der Waals surface area (Å²) in [6.45, 7) is 17.5. The van der Waals surface area contributed by atoms with Gasteiger partial charge >= 0.3 is 5.97 Å². The standard InChI is InChI=1S/C35H48O5S/c1-23-19-27(20-24(2)32(23)39-35(8,9)33(37)40-34(5,6)7)15-16-30(36)28-21-25(3)31(26(4)22-28)38-17-18-41-29-13-11-10-12-14-29/h15-16,19-22,29H,10-14,17-18H2,1-9H3/b16-15+. The van der Waals surface area contributed by atoms with Gasteiger partial charge in [0, 0.05) is 16.6 Å². The maximum Gasteiger partial charge on any atom is 0.350 e. The Balaban J connectivity index is 1.63. The first-order valence-electron chi connectivity index (χ1n) is 14.8. The monoisotopic (exact) mass is 580 g/mol. The van der Waals surface area contributed by atoms with Crippen LogP contribution >= 0.6 is 11.8 Å². The Kier molecular flexibility index (Phi) is 11.2. The maximum atomic E-state index is 13.1. The molecule has 2 aromatic carbocycles. The average Bonchev–Trinajstić information content (AvgIpc) is 2.88. The molecule has 0 aromatic heterocycles. The zero-order valence-corrected chi connectivity index (χ0v) is 27.3. The molecule has 0 N–H and O–H groups in total. The summed E-state index contributed by atoms with van der Waals surface area (Å²) in [5.41, 5.74) is 3.51. The van der Waals surface area contributed by atoms with E-state index in [-0.39, 0.29) is 5.78 Å². The number of benzene rings is 2. The molecule has 2 aromatic rings. The highest BCUT2D eigenvalue weighted by atomic mass is 32.2. The zero-order valence-electron chi connectivity index (χ0n) is 26.4. The largest absolute Gasteiger partial charge is 0.492 e. The van der Waals surface area contributed by atoms with Crippen LogP contribution in [0.2, 0.25) is 0 Å². The highest BCUT2D eigenvalue weighted by Crippen LogP contribution is 2.31. The van der Waals surface area contributed by atoms with Crippen molar-refractivity contribution in [3.8, 4) is 11.5 Å². The summed E-state index contributed by atoms with van der Waals surface area (Å²) in [5, 5.41) is 0.779. The van der Waals surface area contributed by atoms with Crippen LogP contribution in [0, 0.1) is 27.7 Å². The summed E-state index contributed by atoms with van der Waals surface area (Å²) in [4.78, 5) is 25.8. The molecule has 0 heterocycles. The molecule has 0 saturated heterocycles. The Morgan fingerprint density at radius 3 is 1.98 bits per heavy atom. The lowest BCUT2D eigenvalue weighted by molar-refractivity contribution is -0.171. The van der Waals surface area contributed by atoms with Gasteiger partial charge in [0.05, 0.1) is 6.61 Å². The van der Waals surface area contributed by atoms with Crippen molar-refractivity contribution < 1.29 is 23.8 Å². The lowest BCUT2D eigenvalue weighted by Gasteiger charge is -2.30. The SMILES string of the molecule is Cc1cc(C(=O)/C=C/c2cc(C)c(OC(C)(C)C(=O)OC(C)(C)C)c(C)c2)cc(C)c1OCCSC1CCCCC1. The molecule has 3 rings (SSSR count). The van der Waals surface area contributed by atoms with Crippen molar-refractivity contribution in [2.75, 3.05) is 12.4 Å². The summed E-state index contributed by atoms with van der Waals surface area (Å²) < 4.78 is 17.8. The van der Waals surface area contributed by atoms with Crippen molar-refractivity contribution in [2.45, 2.75) is 111 Å². The minimum absolute atomic E-state index is 0.0581. The van der Waals surface area contributed by atoms with E-state index in [9.17, 15) is 9.59 Å². The highest BCUT2D eigenvalue weighted by molar-refractivity contribution is 7.99. The fraction of sp³-hybridized carbons (Fsp3) is 0.543. The average molecular weight is 581 g/mol. The third-order valence-corrected chi connectivity index (χ3v) is 8.48. The van der Waals surface area contributed by atoms with Gasteiger partial charge in [0.25, 0.3) is 0 Å². The minimum Gasteiger partial charge on any atom is -0.492 e. The Labute approximate surface area is 251 Å². The fourth-order valence-corrected chi connectivity index (χ4v) is 6.30. The predicted octanol–water partition coefficient (Wildman–Crippen LogP) is 8.76. The van der Waals surface area contributed by atoms with Crippen molar-refractivity contribution in [1.29, 1.82) is 0 Å². The third-order valence-electron chi connectivity index (χ3n) is 7.14. The number of ketones is 1. The van der Waals surface area contributed by atoms with Crippen LogP contribution in [-0.4, -0.2) is 40.6 Å². The molecule has 0 unspecified atom stereocenters. The molecule has 5 nitrogen and oxygen atoms in total. The normalized spacial score (nSPS) is 14.8. The predicted molar refractivity (Wildman–Crippen MR) is 171 cm³/mol. The Hall–Kier alpha value is -2.73. The van der Waals surface area contributed by atoms with Crippen molar-refractivity contribution in [3.05, 3.63) is 63.7 Å². The molecule has 224 valence electrons. The van der Waals surface area contributed by atoms with Crippen LogP contribution in [0.25, 0.3) is 6.08 Å². The van der Waals surface area contributed by atoms with Crippen molar-refractivity contribution >= 4 is 29.6 Å². The van der Waals surface area contributed by atoms with Crippen molar-refractivity contribution in [1.82, 2.24) is 0 Å². The first-order valence-corrected chi connectivity index (χ1v) is 15.8. The molecule has 0 atom stereocenters. The molecule has 1 fully saturated rings.